The van der Waals surface area contributed by atoms with Gasteiger partial charge in [0, 0.05) is 5.56 Å². The minimum absolute atomic E-state index is 0.0395. The lowest BCUT2D eigenvalue weighted by molar-refractivity contribution is 0.0471. The third-order valence-corrected chi connectivity index (χ3v) is 3.57. The molecule has 2 aromatic carbocycles. The number of hydrogen-bond acceptors (Lipinski definition) is 6. The highest BCUT2D eigenvalue weighted by Gasteiger charge is 2.26. The number of nitrogens with two attached hydrogens (primary N) is 2. The van der Waals surface area contributed by atoms with Crippen LogP contribution in [0.5, 0.6) is 0 Å². The van der Waals surface area contributed by atoms with Gasteiger partial charge in [-0.1, -0.05) is 30.3 Å². The van der Waals surface area contributed by atoms with E-state index in [4.69, 9.17) is 16.2 Å². The molecule has 0 radical (unpaired) electrons. The van der Waals surface area contributed by atoms with Crippen molar-refractivity contribution in [1.29, 1.82) is 0 Å². The SMILES string of the molecule is C[C@H](N)C(=O)c1ccc(C(=O)O)c(N)c1C(=O)OCc1ccccc1. The predicted molar refractivity (Wildman–Crippen MR) is 91.4 cm³/mol. The third-order valence-electron chi connectivity index (χ3n) is 3.57. The van der Waals surface area contributed by atoms with E-state index in [-0.39, 0.29) is 29.0 Å². The van der Waals surface area contributed by atoms with E-state index in [1.165, 1.54) is 19.1 Å². The van der Waals surface area contributed by atoms with Crippen molar-refractivity contribution in [3.05, 3.63) is 64.7 Å². The molecule has 0 aliphatic carbocycles. The zero-order chi connectivity index (χ0) is 18.6. The monoisotopic (exact) mass is 342 g/mol. The number of anilines is 1. The van der Waals surface area contributed by atoms with Crippen LogP contribution in [0.4, 0.5) is 5.69 Å². The number of aromatic carboxylic acids is 1. The normalized spacial score (nSPS) is 11.6. The first-order valence-corrected chi connectivity index (χ1v) is 7.49. The first kappa shape index (κ1) is 18.2. The van der Waals surface area contributed by atoms with Crippen molar-refractivity contribution in [1.82, 2.24) is 0 Å². The van der Waals surface area contributed by atoms with E-state index in [9.17, 15) is 19.5 Å². The van der Waals surface area contributed by atoms with Crippen LogP contribution in [0.3, 0.4) is 0 Å². The third kappa shape index (κ3) is 4.02. The fourth-order valence-corrected chi connectivity index (χ4v) is 2.27. The molecule has 0 bridgehead atoms. The van der Waals surface area contributed by atoms with Gasteiger partial charge in [0.25, 0.3) is 0 Å². The summed E-state index contributed by atoms with van der Waals surface area (Å²) in [5.41, 5.74) is 11.2. The second-order valence-electron chi connectivity index (χ2n) is 5.47. The molecule has 0 saturated carbocycles. The summed E-state index contributed by atoms with van der Waals surface area (Å²) in [5, 5.41) is 9.18. The molecule has 1 atom stereocenters. The molecular formula is C18H18N2O5. The molecule has 7 nitrogen and oxygen atoms in total. The van der Waals surface area contributed by atoms with Gasteiger partial charge in [0.2, 0.25) is 0 Å². The number of hydrogen-bond donors (Lipinski definition) is 3. The lowest BCUT2D eigenvalue weighted by atomic mass is 9.95. The summed E-state index contributed by atoms with van der Waals surface area (Å²) in [6.45, 7) is 1.42. The Morgan fingerprint density at radius 1 is 1.08 bits per heavy atom. The number of nitrogen functional groups attached to an aromatic ring is 1. The van der Waals surface area contributed by atoms with Gasteiger partial charge in [-0.05, 0) is 24.6 Å². The Balaban J connectivity index is 2.41. The number of carboxylic acid groups (broad SMARTS) is 1. The van der Waals surface area contributed by atoms with Crippen LogP contribution in [0, 0.1) is 0 Å². The maximum Gasteiger partial charge on any atom is 0.341 e. The molecule has 2 rings (SSSR count). The van der Waals surface area contributed by atoms with Crippen molar-refractivity contribution >= 4 is 23.4 Å². The number of esters is 1. The van der Waals surface area contributed by atoms with Crippen molar-refractivity contribution in [2.75, 3.05) is 5.73 Å². The number of carbonyl (C=O) groups excluding carboxylic acids is 2. The van der Waals surface area contributed by atoms with Gasteiger partial charge in [-0.15, -0.1) is 0 Å². The smallest absolute Gasteiger partial charge is 0.341 e. The molecule has 0 aliphatic rings. The van der Waals surface area contributed by atoms with Crippen LogP contribution in [0.1, 0.15) is 43.6 Å². The number of carboxylic acids is 1. The molecule has 25 heavy (non-hydrogen) atoms. The van der Waals surface area contributed by atoms with Gasteiger partial charge < -0.3 is 21.3 Å². The quantitative estimate of drug-likeness (QED) is 0.414. The van der Waals surface area contributed by atoms with Crippen molar-refractivity contribution in [2.24, 2.45) is 5.73 Å². The van der Waals surface area contributed by atoms with Gasteiger partial charge in [-0.3, -0.25) is 4.79 Å². The summed E-state index contributed by atoms with van der Waals surface area (Å²) in [5.74, 6) is -2.72. The Kier molecular flexibility index (Phi) is 5.51. The first-order valence-electron chi connectivity index (χ1n) is 7.49. The molecule has 0 saturated heterocycles. The predicted octanol–water partition coefficient (Wildman–Crippen LogP) is 1.85. The Bertz CT molecular complexity index is 816. The van der Waals surface area contributed by atoms with Gasteiger partial charge in [-0.2, -0.15) is 0 Å². The number of rotatable bonds is 6. The van der Waals surface area contributed by atoms with Crippen LogP contribution in [0.15, 0.2) is 42.5 Å². The average molecular weight is 342 g/mol. The minimum Gasteiger partial charge on any atom is -0.478 e. The standard InChI is InChI=1S/C18H18N2O5/c1-10(19)16(21)12-7-8-13(17(22)23)15(20)14(12)18(24)25-9-11-5-3-2-4-6-11/h2-8,10H,9,19-20H2,1H3,(H,22,23)/t10-/m0/s1. The number of benzene rings is 2. The van der Waals surface area contributed by atoms with E-state index >= 15 is 0 Å². The van der Waals surface area contributed by atoms with Gasteiger partial charge in [0.05, 0.1) is 22.9 Å². The van der Waals surface area contributed by atoms with E-state index in [2.05, 4.69) is 0 Å². The molecule has 0 aliphatic heterocycles. The van der Waals surface area contributed by atoms with Crippen LogP contribution in [-0.2, 0) is 11.3 Å². The molecule has 7 heteroatoms. The Labute approximate surface area is 144 Å². The highest BCUT2D eigenvalue weighted by Crippen LogP contribution is 2.25. The number of carbonyl (C=O) groups is 3. The van der Waals surface area contributed by atoms with Gasteiger partial charge >= 0.3 is 11.9 Å². The summed E-state index contributed by atoms with van der Waals surface area (Å²) in [4.78, 5) is 36.0. The highest BCUT2D eigenvalue weighted by atomic mass is 16.5. The van der Waals surface area contributed by atoms with Crippen LogP contribution in [0.2, 0.25) is 0 Å². The molecule has 0 aromatic heterocycles. The molecule has 0 spiro atoms. The van der Waals surface area contributed by atoms with Crippen LogP contribution in [0.25, 0.3) is 0 Å². The molecule has 130 valence electrons. The van der Waals surface area contributed by atoms with Crippen LogP contribution >= 0.6 is 0 Å². The van der Waals surface area contributed by atoms with E-state index in [0.29, 0.717) is 0 Å². The summed E-state index contributed by atoms with van der Waals surface area (Å²) >= 11 is 0. The fraction of sp³-hybridized carbons (Fsp3) is 0.167. The van der Waals surface area contributed by atoms with Gasteiger partial charge in [0.1, 0.15) is 6.61 Å². The summed E-state index contributed by atoms with van der Waals surface area (Å²) in [6, 6.07) is 10.4. The second kappa shape index (κ2) is 7.59. The molecule has 0 amide bonds. The summed E-state index contributed by atoms with van der Waals surface area (Å²) < 4.78 is 5.20. The molecule has 2 aromatic rings. The lowest BCUT2D eigenvalue weighted by Crippen LogP contribution is -2.29. The molecule has 5 N–H and O–H groups in total. The Hall–Kier alpha value is -3.19. The second-order valence-corrected chi connectivity index (χ2v) is 5.47. The van der Waals surface area contributed by atoms with Gasteiger partial charge in [-0.25, -0.2) is 9.59 Å². The first-order chi connectivity index (χ1) is 11.8. The molecule has 0 fully saturated rings. The van der Waals surface area contributed by atoms with Crippen LogP contribution < -0.4 is 11.5 Å². The van der Waals surface area contributed by atoms with Crippen molar-refractivity contribution in [3.63, 3.8) is 0 Å². The van der Waals surface area contributed by atoms with E-state index < -0.39 is 23.8 Å². The molecule has 0 unspecified atom stereocenters. The number of ether oxygens (including phenoxy) is 1. The summed E-state index contributed by atoms with van der Waals surface area (Å²) in [6.07, 6.45) is 0. The van der Waals surface area contributed by atoms with Crippen molar-refractivity contribution in [3.8, 4) is 0 Å². The fourth-order valence-electron chi connectivity index (χ4n) is 2.27. The van der Waals surface area contributed by atoms with Gasteiger partial charge in [0.15, 0.2) is 5.78 Å². The average Bonchev–Trinajstić information content (AvgIpc) is 2.59. The minimum atomic E-state index is -1.31. The maximum atomic E-state index is 12.5. The van der Waals surface area contributed by atoms with Crippen LogP contribution in [-0.4, -0.2) is 28.9 Å². The van der Waals surface area contributed by atoms with Crippen molar-refractivity contribution in [2.45, 2.75) is 19.6 Å². The Morgan fingerprint density at radius 2 is 1.68 bits per heavy atom. The number of ketones is 1. The lowest BCUT2D eigenvalue weighted by Gasteiger charge is -2.14. The highest BCUT2D eigenvalue weighted by molar-refractivity contribution is 6.13. The zero-order valence-corrected chi connectivity index (χ0v) is 13.6. The zero-order valence-electron chi connectivity index (χ0n) is 13.6. The Morgan fingerprint density at radius 3 is 2.24 bits per heavy atom. The summed E-state index contributed by atoms with van der Waals surface area (Å²) in [7, 11) is 0. The molecule has 0 heterocycles. The van der Waals surface area contributed by atoms with E-state index in [1.807, 2.05) is 6.07 Å². The maximum absolute atomic E-state index is 12.5. The van der Waals surface area contributed by atoms with E-state index in [1.54, 1.807) is 24.3 Å². The number of Topliss-reactive ketones (excluding diaryl/α,β-unsaturated/α-hetero) is 1. The topological polar surface area (TPSA) is 133 Å². The van der Waals surface area contributed by atoms with E-state index in [0.717, 1.165) is 5.56 Å². The largest absolute Gasteiger partial charge is 0.478 e. The van der Waals surface area contributed by atoms with Crippen molar-refractivity contribution < 1.29 is 24.2 Å². The molecular weight excluding hydrogens is 324 g/mol.